The zero-order valence-corrected chi connectivity index (χ0v) is 19.2. The molecule has 0 saturated heterocycles. The number of amides is 1. The van der Waals surface area contributed by atoms with Crippen LogP contribution in [0.4, 0.5) is 5.69 Å². The summed E-state index contributed by atoms with van der Waals surface area (Å²) in [5.74, 6) is -0.635. The van der Waals surface area contributed by atoms with Crippen LogP contribution in [0.3, 0.4) is 0 Å². The van der Waals surface area contributed by atoms with E-state index >= 15 is 0 Å². The molecule has 1 aliphatic rings. The summed E-state index contributed by atoms with van der Waals surface area (Å²) in [6.07, 6.45) is 2.46. The van der Waals surface area contributed by atoms with E-state index in [9.17, 15) is 9.59 Å². The molecule has 1 heterocycles. The number of fused-ring (bicyclic) bond motifs is 2. The Morgan fingerprint density at radius 1 is 1.00 bits per heavy atom. The summed E-state index contributed by atoms with van der Waals surface area (Å²) in [4.78, 5) is 30.6. The number of anilines is 1. The van der Waals surface area contributed by atoms with Crippen molar-refractivity contribution in [1.82, 2.24) is 4.98 Å². The van der Waals surface area contributed by atoms with Crippen molar-refractivity contribution in [2.45, 2.75) is 25.2 Å². The molecule has 0 bridgehead atoms. The highest BCUT2D eigenvalue weighted by Crippen LogP contribution is 2.36. The van der Waals surface area contributed by atoms with Crippen molar-refractivity contribution in [3.8, 4) is 0 Å². The SMILES string of the molecule is O=C(COC(=O)c1c2c(nc3ccccc13)CCC(c1ccccc1)C2)Nc1cccc(Cl)c1. The Morgan fingerprint density at radius 2 is 1.79 bits per heavy atom. The van der Waals surface area contributed by atoms with Crippen molar-refractivity contribution in [3.63, 3.8) is 0 Å². The number of esters is 1. The molecule has 3 aromatic carbocycles. The number of pyridine rings is 1. The number of benzene rings is 3. The average Bonchev–Trinajstić information content (AvgIpc) is 2.86. The van der Waals surface area contributed by atoms with Crippen LogP contribution in [-0.2, 0) is 22.4 Å². The van der Waals surface area contributed by atoms with E-state index < -0.39 is 11.9 Å². The number of nitrogens with one attached hydrogen (secondary N) is 1. The smallest absolute Gasteiger partial charge is 0.339 e. The Labute approximate surface area is 202 Å². The number of ether oxygens (including phenoxy) is 1. The maximum atomic E-state index is 13.3. The number of aryl methyl sites for hydroxylation is 1. The average molecular weight is 471 g/mol. The van der Waals surface area contributed by atoms with E-state index in [1.54, 1.807) is 24.3 Å². The molecule has 0 saturated carbocycles. The van der Waals surface area contributed by atoms with Crippen LogP contribution in [0.2, 0.25) is 5.02 Å². The van der Waals surface area contributed by atoms with Crippen molar-refractivity contribution >= 4 is 40.1 Å². The van der Waals surface area contributed by atoms with E-state index in [-0.39, 0.29) is 6.61 Å². The second-order valence-corrected chi connectivity index (χ2v) is 8.85. The number of halogens is 1. The molecular weight excluding hydrogens is 448 g/mol. The molecule has 0 fully saturated rings. The van der Waals surface area contributed by atoms with E-state index in [0.29, 0.717) is 28.6 Å². The van der Waals surface area contributed by atoms with Gasteiger partial charge >= 0.3 is 5.97 Å². The molecule has 1 amide bonds. The van der Waals surface area contributed by atoms with Gasteiger partial charge in [0.1, 0.15) is 0 Å². The van der Waals surface area contributed by atoms with Gasteiger partial charge in [-0.2, -0.15) is 0 Å². The summed E-state index contributed by atoms with van der Waals surface area (Å²) < 4.78 is 5.50. The predicted molar refractivity (Wildman–Crippen MR) is 133 cm³/mol. The Hall–Kier alpha value is -3.70. The lowest BCUT2D eigenvalue weighted by molar-refractivity contribution is -0.119. The van der Waals surface area contributed by atoms with Crippen LogP contribution in [0.25, 0.3) is 10.9 Å². The molecule has 4 aromatic rings. The van der Waals surface area contributed by atoms with Crippen molar-refractivity contribution in [2.24, 2.45) is 0 Å². The number of carbonyl (C=O) groups excluding carboxylic acids is 2. The van der Waals surface area contributed by atoms with Gasteiger partial charge in [-0.05, 0) is 60.6 Å². The highest BCUT2D eigenvalue weighted by Gasteiger charge is 2.28. The van der Waals surface area contributed by atoms with Gasteiger partial charge in [-0.15, -0.1) is 0 Å². The molecule has 5 nitrogen and oxygen atoms in total. The first kappa shape index (κ1) is 22.1. The molecule has 1 aromatic heterocycles. The minimum absolute atomic E-state index is 0.300. The van der Waals surface area contributed by atoms with Crippen LogP contribution >= 0.6 is 11.6 Å². The van der Waals surface area contributed by atoms with E-state index in [0.717, 1.165) is 35.0 Å². The van der Waals surface area contributed by atoms with Crippen LogP contribution in [0.5, 0.6) is 0 Å². The molecule has 0 spiro atoms. The third-order valence-corrected chi connectivity index (χ3v) is 6.41. The Bertz CT molecular complexity index is 1370. The summed E-state index contributed by atoms with van der Waals surface area (Å²) in [5.41, 5.74) is 4.92. The number of para-hydroxylation sites is 1. The summed E-state index contributed by atoms with van der Waals surface area (Å²) in [7, 11) is 0. The molecule has 0 aliphatic heterocycles. The second-order valence-electron chi connectivity index (χ2n) is 8.41. The third kappa shape index (κ3) is 4.66. The number of hydrogen-bond acceptors (Lipinski definition) is 4. The first-order chi connectivity index (χ1) is 16.6. The topological polar surface area (TPSA) is 68.3 Å². The van der Waals surface area contributed by atoms with Gasteiger partial charge < -0.3 is 10.1 Å². The van der Waals surface area contributed by atoms with Gasteiger partial charge in [0.05, 0.1) is 11.1 Å². The monoisotopic (exact) mass is 470 g/mol. The fraction of sp³-hybridized carbons (Fsp3) is 0.179. The van der Waals surface area contributed by atoms with Gasteiger partial charge in [0.25, 0.3) is 5.91 Å². The van der Waals surface area contributed by atoms with Crippen LogP contribution in [0.15, 0.2) is 78.9 Å². The lowest BCUT2D eigenvalue weighted by Gasteiger charge is -2.26. The Morgan fingerprint density at radius 3 is 2.62 bits per heavy atom. The zero-order valence-electron chi connectivity index (χ0n) is 18.5. The molecule has 6 heteroatoms. The van der Waals surface area contributed by atoms with Crippen molar-refractivity contribution in [2.75, 3.05) is 11.9 Å². The summed E-state index contributed by atoms with van der Waals surface area (Å²) in [6, 6.07) is 24.7. The lowest BCUT2D eigenvalue weighted by Crippen LogP contribution is -2.23. The fourth-order valence-electron chi connectivity index (χ4n) is 4.60. The quantitative estimate of drug-likeness (QED) is 0.365. The lowest BCUT2D eigenvalue weighted by atomic mass is 9.80. The maximum absolute atomic E-state index is 13.3. The standard InChI is InChI=1S/C28H23ClN2O3/c29-20-9-6-10-21(16-20)30-26(32)17-34-28(33)27-22-11-4-5-12-24(22)31-25-14-13-19(15-23(25)27)18-7-2-1-3-8-18/h1-12,16,19H,13-15,17H2,(H,30,32). The first-order valence-corrected chi connectivity index (χ1v) is 11.6. The molecule has 1 N–H and O–H groups in total. The predicted octanol–water partition coefficient (Wildman–Crippen LogP) is 5.96. The highest BCUT2D eigenvalue weighted by atomic mass is 35.5. The normalized spacial score (nSPS) is 14.9. The van der Waals surface area contributed by atoms with Crippen LogP contribution in [-0.4, -0.2) is 23.5 Å². The molecule has 0 radical (unpaired) electrons. The van der Waals surface area contributed by atoms with Crippen LogP contribution < -0.4 is 5.32 Å². The summed E-state index contributed by atoms with van der Waals surface area (Å²) in [6.45, 7) is -0.390. The highest BCUT2D eigenvalue weighted by molar-refractivity contribution is 6.30. The molecule has 34 heavy (non-hydrogen) atoms. The number of carbonyl (C=O) groups is 2. The minimum atomic E-state index is -0.509. The van der Waals surface area contributed by atoms with E-state index in [1.165, 1.54) is 5.56 Å². The Kier molecular flexibility index (Phi) is 6.28. The van der Waals surface area contributed by atoms with Gasteiger partial charge in [0.2, 0.25) is 0 Å². The van der Waals surface area contributed by atoms with Gasteiger partial charge in [0.15, 0.2) is 6.61 Å². The molecule has 170 valence electrons. The largest absolute Gasteiger partial charge is 0.452 e. The molecule has 1 unspecified atom stereocenters. The van der Waals surface area contributed by atoms with Crippen LogP contribution in [0, 0.1) is 0 Å². The van der Waals surface area contributed by atoms with Crippen molar-refractivity contribution < 1.29 is 14.3 Å². The molecule has 5 rings (SSSR count). The van der Waals surface area contributed by atoms with Gasteiger partial charge in [-0.25, -0.2) is 4.79 Å². The first-order valence-electron chi connectivity index (χ1n) is 11.3. The number of nitrogens with zero attached hydrogens (tertiary/aromatic N) is 1. The fourth-order valence-corrected chi connectivity index (χ4v) is 4.79. The van der Waals surface area contributed by atoms with E-state index in [4.69, 9.17) is 21.3 Å². The second kappa shape index (κ2) is 9.65. The van der Waals surface area contributed by atoms with Crippen LogP contribution in [0.1, 0.15) is 39.5 Å². The molecule has 1 aliphatic carbocycles. The number of rotatable bonds is 5. The van der Waals surface area contributed by atoms with Crippen molar-refractivity contribution in [1.29, 1.82) is 0 Å². The van der Waals surface area contributed by atoms with Gasteiger partial charge in [0, 0.05) is 21.8 Å². The molecular formula is C28H23ClN2O3. The summed E-state index contributed by atoms with van der Waals surface area (Å²) in [5, 5.41) is 3.96. The summed E-state index contributed by atoms with van der Waals surface area (Å²) >= 11 is 5.97. The third-order valence-electron chi connectivity index (χ3n) is 6.18. The number of hydrogen-bond donors (Lipinski definition) is 1. The minimum Gasteiger partial charge on any atom is -0.452 e. The molecule has 1 atom stereocenters. The van der Waals surface area contributed by atoms with Crippen molar-refractivity contribution in [3.05, 3.63) is 106 Å². The van der Waals surface area contributed by atoms with Gasteiger partial charge in [-0.1, -0.05) is 66.2 Å². The van der Waals surface area contributed by atoms with Gasteiger partial charge in [-0.3, -0.25) is 9.78 Å². The number of aromatic nitrogens is 1. The van der Waals surface area contributed by atoms with E-state index in [1.807, 2.05) is 42.5 Å². The maximum Gasteiger partial charge on any atom is 0.339 e. The Balaban J connectivity index is 1.41. The zero-order chi connectivity index (χ0) is 23.5. The van der Waals surface area contributed by atoms with E-state index in [2.05, 4.69) is 17.4 Å².